The van der Waals surface area contributed by atoms with E-state index in [0.29, 0.717) is 6.61 Å². The summed E-state index contributed by atoms with van der Waals surface area (Å²) in [5.74, 6) is 0. The van der Waals surface area contributed by atoms with Crippen LogP contribution in [0.3, 0.4) is 0 Å². The largest absolute Gasteiger partial charge is 0.393 e. The Hall–Kier alpha value is -0.900. The topological polar surface area (TPSA) is 49.7 Å². The third kappa shape index (κ3) is 2.81. The van der Waals surface area contributed by atoms with Crippen LogP contribution in [0.1, 0.15) is 17.2 Å². The predicted molar refractivity (Wildman–Crippen MR) is 49.2 cm³/mol. The fourth-order valence-electron chi connectivity index (χ4n) is 1.11. The number of methoxy groups -OCH3 is 1. The molecule has 0 fully saturated rings. The van der Waals surface area contributed by atoms with Crippen molar-refractivity contribution in [1.29, 1.82) is 0 Å². The van der Waals surface area contributed by atoms with Crippen LogP contribution >= 0.6 is 0 Å². The summed E-state index contributed by atoms with van der Waals surface area (Å²) in [6.45, 7) is 0.319. The molecule has 0 spiro atoms. The first kappa shape index (κ1) is 10.2. The second-order valence-corrected chi connectivity index (χ2v) is 2.87. The normalized spacial score (nSPS) is 12.8. The van der Waals surface area contributed by atoms with Gasteiger partial charge in [-0.15, -0.1) is 0 Å². The molecule has 1 rings (SSSR count). The lowest BCUT2D eigenvalue weighted by Gasteiger charge is -2.07. The number of ether oxygens (including phenoxy) is 1. The molecule has 2 N–H and O–H groups in total. The van der Waals surface area contributed by atoms with Crippen LogP contribution in [0, 0.1) is 0 Å². The molecule has 1 aromatic rings. The summed E-state index contributed by atoms with van der Waals surface area (Å²) < 4.78 is 4.94. The molecule has 0 saturated heterocycles. The molecule has 0 radical (unpaired) electrons. The summed E-state index contributed by atoms with van der Waals surface area (Å²) in [5, 5.41) is 18.0. The van der Waals surface area contributed by atoms with E-state index >= 15 is 0 Å². The lowest BCUT2D eigenvalue weighted by molar-refractivity contribution is 0.0955. The monoisotopic (exact) mass is 182 g/mol. The molecule has 13 heavy (non-hydrogen) atoms. The van der Waals surface area contributed by atoms with Crippen LogP contribution in [0.15, 0.2) is 24.3 Å². The average Bonchev–Trinajstić information content (AvgIpc) is 2.18. The minimum Gasteiger partial charge on any atom is -0.393 e. The molecule has 0 aliphatic rings. The van der Waals surface area contributed by atoms with Crippen molar-refractivity contribution in [3.8, 4) is 0 Å². The second-order valence-electron chi connectivity index (χ2n) is 2.87. The quantitative estimate of drug-likeness (QED) is 0.726. The summed E-state index contributed by atoms with van der Waals surface area (Å²) in [6.07, 6.45) is -0.781. The first-order valence-electron chi connectivity index (χ1n) is 4.14. The molecular weight excluding hydrogens is 168 g/mol. The Labute approximate surface area is 77.6 Å². The second kappa shape index (κ2) is 4.97. The predicted octanol–water partition coefficient (Wildman–Crippen LogP) is 0.859. The van der Waals surface area contributed by atoms with Crippen molar-refractivity contribution in [2.45, 2.75) is 12.7 Å². The summed E-state index contributed by atoms with van der Waals surface area (Å²) in [5.41, 5.74) is 1.78. The van der Waals surface area contributed by atoms with Gasteiger partial charge in [-0.25, -0.2) is 0 Å². The standard InChI is InChI=1S/C10H14O3/c1-13-7-8-2-4-9(5-3-8)10(12)6-11/h2-5,10-12H,6-7H2,1H3. The minimum absolute atomic E-state index is 0.246. The Balaban J connectivity index is 2.69. The fraction of sp³-hybridized carbons (Fsp3) is 0.400. The van der Waals surface area contributed by atoms with E-state index < -0.39 is 6.10 Å². The van der Waals surface area contributed by atoms with Crippen molar-refractivity contribution in [2.75, 3.05) is 13.7 Å². The summed E-state index contributed by atoms with van der Waals surface area (Å²) in [6, 6.07) is 7.32. The summed E-state index contributed by atoms with van der Waals surface area (Å²) in [7, 11) is 1.64. The highest BCUT2D eigenvalue weighted by molar-refractivity contribution is 5.23. The Kier molecular flexibility index (Phi) is 3.89. The van der Waals surface area contributed by atoms with Crippen LogP contribution in [-0.4, -0.2) is 23.9 Å². The van der Waals surface area contributed by atoms with Crippen molar-refractivity contribution in [1.82, 2.24) is 0 Å². The molecule has 0 aliphatic heterocycles. The zero-order valence-corrected chi connectivity index (χ0v) is 7.60. The zero-order chi connectivity index (χ0) is 9.68. The van der Waals surface area contributed by atoms with E-state index in [1.165, 1.54) is 0 Å². The minimum atomic E-state index is -0.781. The van der Waals surface area contributed by atoms with Gasteiger partial charge in [0.2, 0.25) is 0 Å². The van der Waals surface area contributed by atoms with E-state index in [0.717, 1.165) is 11.1 Å². The van der Waals surface area contributed by atoms with E-state index in [2.05, 4.69) is 0 Å². The molecule has 1 unspecified atom stereocenters. The molecule has 0 aliphatic carbocycles. The molecule has 1 atom stereocenters. The van der Waals surface area contributed by atoms with E-state index in [4.69, 9.17) is 9.84 Å². The Morgan fingerprint density at radius 1 is 1.31 bits per heavy atom. The highest BCUT2D eigenvalue weighted by atomic mass is 16.5. The molecule has 0 saturated carbocycles. The maximum absolute atomic E-state index is 9.27. The maximum atomic E-state index is 9.27. The molecule has 0 heterocycles. The van der Waals surface area contributed by atoms with E-state index in [-0.39, 0.29) is 6.61 Å². The SMILES string of the molecule is COCc1ccc(C(O)CO)cc1. The number of aliphatic hydroxyl groups excluding tert-OH is 2. The van der Waals surface area contributed by atoms with Crippen molar-refractivity contribution >= 4 is 0 Å². The highest BCUT2D eigenvalue weighted by Gasteiger charge is 2.04. The fourth-order valence-corrected chi connectivity index (χ4v) is 1.11. The Bertz CT molecular complexity index is 243. The lowest BCUT2D eigenvalue weighted by Crippen LogP contribution is -2.02. The van der Waals surface area contributed by atoms with Crippen LogP contribution < -0.4 is 0 Å². The molecule has 72 valence electrons. The summed E-state index contributed by atoms with van der Waals surface area (Å²) >= 11 is 0. The van der Waals surface area contributed by atoms with Gasteiger partial charge in [0.1, 0.15) is 6.10 Å². The number of rotatable bonds is 4. The third-order valence-electron chi connectivity index (χ3n) is 1.85. The lowest BCUT2D eigenvalue weighted by atomic mass is 10.1. The van der Waals surface area contributed by atoms with E-state index in [1.54, 1.807) is 19.2 Å². The average molecular weight is 182 g/mol. The van der Waals surface area contributed by atoms with Crippen molar-refractivity contribution < 1.29 is 14.9 Å². The van der Waals surface area contributed by atoms with Gasteiger partial charge < -0.3 is 14.9 Å². The first-order valence-corrected chi connectivity index (χ1v) is 4.14. The van der Waals surface area contributed by atoms with Crippen LogP contribution in [-0.2, 0) is 11.3 Å². The number of hydrogen-bond donors (Lipinski definition) is 2. The van der Waals surface area contributed by atoms with Gasteiger partial charge in [0.05, 0.1) is 13.2 Å². The molecule has 1 aromatic carbocycles. The van der Waals surface area contributed by atoms with E-state index in [9.17, 15) is 5.11 Å². The van der Waals surface area contributed by atoms with Gasteiger partial charge in [0, 0.05) is 7.11 Å². The number of benzene rings is 1. The van der Waals surface area contributed by atoms with Crippen LogP contribution in [0.2, 0.25) is 0 Å². The zero-order valence-electron chi connectivity index (χ0n) is 7.60. The molecule has 0 amide bonds. The molecule has 0 aromatic heterocycles. The summed E-state index contributed by atoms with van der Waals surface area (Å²) in [4.78, 5) is 0. The van der Waals surface area contributed by atoms with E-state index in [1.807, 2.05) is 12.1 Å². The number of hydrogen-bond acceptors (Lipinski definition) is 3. The van der Waals surface area contributed by atoms with Crippen LogP contribution in [0.5, 0.6) is 0 Å². The first-order chi connectivity index (χ1) is 6.27. The molecule has 0 bridgehead atoms. The third-order valence-corrected chi connectivity index (χ3v) is 1.85. The number of aliphatic hydroxyl groups is 2. The van der Waals surface area contributed by atoms with Gasteiger partial charge in [-0.3, -0.25) is 0 Å². The van der Waals surface area contributed by atoms with Crippen LogP contribution in [0.4, 0.5) is 0 Å². The van der Waals surface area contributed by atoms with Gasteiger partial charge in [0.15, 0.2) is 0 Å². The van der Waals surface area contributed by atoms with Gasteiger partial charge in [-0.05, 0) is 11.1 Å². The maximum Gasteiger partial charge on any atom is 0.102 e. The van der Waals surface area contributed by atoms with Crippen molar-refractivity contribution in [2.24, 2.45) is 0 Å². The highest BCUT2D eigenvalue weighted by Crippen LogP contribution is 2.13. The van der Waals surface area contributed by atoms with Crippen LogP contribution in [0.25, 0.3) is 0 Å². The molecule has 3 nitrogen and oxygen atoms in total. The van der Waals surface area contributed by atoms with Crippen molar-refractivity contribution in [3.05, 3.63) is 35.4 Å². The Morgan fingerprint density at radius 3 is 2.38 bits per heavy atom. The Morgan fingerprint density at radius 2 is 1.92 bits per heavy atom. The van der Waals surface area contributed by atoms with Gasteiger partial charge in [0.25, 0.3) is 0 Å². The van der Waals surface area contributed by atoms with Gasteiger partial charge >= 0.3 is 0 Å². The van der Waals surface area contributed by atoms with Gasteiger partial charge in [-0.1, -0.05) is 24.3 Å². The smallest absolute Gasteiger partial charge is 0.102 e. The molecule has 3 heteroatoms. The van der Waals surface area contributed by atoms with Crippen molar-refractivity contribution in [3.63, 3.8) is 0 Å². The van der Waals surface area contributed by atoms with Gasteiger partial charge in [-0.2, -0.15) is 0 Å². The molecular formula is C10H14O3.